The number of hydrogen-bond donors (Lipinski definition) is 1. The molecule has 4 rings (SSSR count). The van der Waals surface area contributed by atoms with Gasteiger partial charge in [-0.1, -0.05) is 65.3 Å². The van der Waals surface area contributed by atoms with Crippen molar-refractivity contribution in [2.45, 2.75) is 11.2 Å². The van der Waals surface area contributed by atoms with Gasteiger partial charge in [0.05, 0.1) is 15.8 Å². The number of fused-ring (bicyclic) bond motifs is 1. The Morgan fingerprint density at radius 3 is 2.76 bits per heavy atom. The second-order valence-corrected chi connectivity index (χ2v) is 8.06. The molecule has 0 saturated heterocycles. The number of amides is 1. The Morgan fingerprint density at radius 2 is 2.03 bits per heavy atom. The zero-order valence-corrected chi connectivity index (χ0v) is 17.6. The third-order valence-corrected chi connectivity index (χ3v) is 5.71. The zero-order chi connectivity index (χ0) is 20.4. The first-order chi connectivity index (χ1) is 14.0. The number of carbonyl (C=O) groups is 1. The number of carbonyl (C=O) groups excluding carboxylic acids is 1. The van der Waals surface area contributed by atoms with Crippen molar-refractivity contribution >= 4 is 46.5 Å². The lowest BCUT2D eigenvalue weighted by molar-refractivity contribution is -0.119. The van der Waals surface area contributed by atoms with Crippen LogP contribution in [0.2, 0.25) is 10.0 Å². The molecule has 0 unspecified atom stereocenters. The average Bonchev–Trinajstić information content (AvgIpc) is 3.31. The van der Waals surface area contributed by atoms with Crippen LogP contribution >= 0.6 is 35.0 Å². The molecule has 4 aromatic rings. The molecule has 148 valence electrons. The number of nitrogens with one attached hydrogen (secondary N) is 1. The van der Waals surface area contributed by atoms with Gasteiger partial charge < -0.3 is 9.88 Å². The Hall–Kier alpha value is -2.55. The number of nitrogens with zero attached hydrogens (tertiary/aromatic N) is 5. The number of aryl methyl sites for hydroxylation is 1. The summed E-state index contributed by atoms with van der Waals surface area (Å²) >= 11 is 13.5. The fourth-order valence-electron chi connectivity index (χ4n) is 2.93. The second kappa shape index (κ2) is 8.44. The highest BCUT2D eigenvalue weighted by atomic mass is 35.5. The van der Waals surface area contributed by atoms with Crippen LogP contribution in [0.3, 0.4) is 0 Å². The molecule has 1 N–H and O–H groups in total. The van der Waals surface area contributed by atoms with Gasteiger partial charge in [-0.15, -0.1) is 10.2 Å². The summed E-state index contributed by atoms with van der Waals surface area (Å²) in [6, 6.07) is 11.0. The van der Waals surface area contributed by atoms with E-state index < -0.39 is 0 Å². The van der Waals surface area contributed by atoms with Gasteiger partial charge in [-0.05, 0) is 11.6 Å². The lowest BCUT2D eigenvalue weighted by Crippen LogP contribution is -2.32. The summed E-state index contributed by atoms with van der Waals surface area (Å²) in [6.45, 7) is 0. The Balaban J connectivity index is 1.51. The number of halogens is 2. The third kappa shape index (κ3) is 4.24. The maximum atomic E-state index is 12.7. The van der Waals surface area contributed by atoms with E-state index in [9.17, 15) is 4.79 Å². The smallest absolute Gasteiger partial charge is 0.231 e. The number of rotatable bonds is 6. The molecule has 0 saturated carbocycles. The summed E-state index contributed by atoms with van der Waals surface area (Å²) in [6.07, 6.45) is 5.23. The van der Waals surface area contributed by atoms with Crippen molar-refractivity contribution in [3.8, 4) is 0 Å². The molecule has 7 nitrogen and oxygen atoms in total. The minimum absolute atomic E-state index is 0.151. The predicted octanol–water partition coefficient (Wildman–Crippen LogP) is 3.77. The van der Waals surface area contributed by atoms with Crippen molar-refractivity contribution in [2.75, 3.05) is 5.75 Å². The van der Waals surface area contributed by atoms with E-state index in [0.717, 1.165) is 11.4 Å². The molecule has 0 fully saturated rings. The second-order valence-electron chi connectivity index (χ2n) is 6.28. The van der Waals surface area contributed by atoms with Gasteiger partial charge in [-0.2, -0.15) is 0 Å². The molecular formula is C19H16Cl2N6OS. The Morgan fingerprint density at radius 1 is 1.24 bits per heavy atom. The number of pyridine rings is 1. The highest BCUT2D eigenvalue weighted by Gasteiger charge is 2.21. The molecular weight excluding hydrogens is 431 g/mol. The summed E-state index contributed by atoms with van der Waals surface area (Å²) < 4.78 is 3.57. The topological polar surface area (TPSA) is 77.1 Å². The van der Waals surface area contributed by atoms with Crippen LogP contribution < -0.4 is 5.32 Å². The monoisotopic (exact) mass is 446 g/mol. The van der Waals surface area contributed by atoms with E-state index in [1.54, 1.807) is 22.9 Å². The summed E-state index contributed by atoms with van der Waals surface area (Å²) in [5.74, 6) is 0.747. The molecule has 3 aromatic heterocycles. The fraction of sp³-hybridized carbons (Fsp3) is 0.158. The largest absolute Gasteiger partial charge is 0.341 e. The predicted molar refractivity (Wildman–Crippen MR) is 113 cm³/mol. The minimum Gasteiger partial charge on any atom is -0.341 e. The van der Waals surface area contributed by atoms with Gasteiger partial charge in [0.1, 0.15) is 11.9 Å². The van der Waals surface area contributed by atoms with Gasteiger partial charge in [0.25, 0.3) is 0 Å². The number of benzene rings is 1. The molecule has 1 amide bonds. The fourth-order valence-corrected chi connectivity index (χ4v) is 4.16. The number of hydrogen-bond acceptors (Lipinski definition) is 5. The molecule has 0 spiro atoms. The van der Waals surface area contributed by atoms with Gasteiger partial charge in [-0.25, -0.2) is 4.98 Å². The van der Waals surface area contributed by atoms with Crippen LogP contribution in [0.15, 0.2) is 60.1 Å². The molecule has 0 aliphatic carbocycles. The van der Waals surface area contributed by atoms with Crippen LogP contribution in [-0.4, -0.2) is 35.8 Å². The molecule has 10 heteroatoms. The average molecular weight is 447 g/mol. The number of imidazole rings is 1. The molecule has 0 radical (unpaired) electrons. The van der Waals surface area contributed by atoms with Crippen LogP contribution in [0.4, 0.5) is 0 Å². The van der Waals surface area contributed by atoms with Crippen molar-refractivity contribution in [1.29, 1.82) is 0 Å². The highest BCUT2D eigenvalue weighted by molar-refractivity contribution is 7.99. The number of aromatic nitrogens is 5. The zero-order valence-electron chi connectivity index (χ0n) is 15.3. The standard InChI is InChI=1S/C19H16Cl2N6OS/c1-26-8-7-22-18(26)16(12-5-3-2-4-6-12)23-15(28)11-29-19-25-24-17-14(21)9-13(20)10-27(17)19/h2-10,16H,11H2,1H3,(H,23,28)/t16-/m1/s1. The first-order valence-electron chi connectivity index (χ1n) is 8.67. The SMILES string of the molecule is Cn1ccnc1[C@H](NC(=O)CSc1nnc2c(Cl)cc(Cl)cn12)c1ccccc1. The first-order valence-corrected chi connectivity index (χ1v) is 10.4. The van der Waals surface area contributed by atoms with Crippen LogP contribution in [0.25, 0.3) is 5.65 Å². The lowest BCUT2D eigenvalue weighted by atomic mass is 10.1. The Bertz CT molecular complexity index is 1160. The molecule has 3 heterocycles. The van der Waals surface area contributed by atoms with Crippen molar-refractivity contribution in [3.05, 3.63) is 76.4 Å². The van der Waals surface area contributed by atoms with Crippen molar-refractivity contribution in [1.82, 2.24) is 29.5 Å². The van der Waals surface area contributed by atoms with Gasteiger partial charge >= 0.3 is 0 Å². The van der Waals surface area contributed by atoms with Crippen molar-refractivity contribution in [3.63, 3.8) is 0 Å². The molecule has 0 bridgehead atoms. The van der Waals surface area contributed by atoms with Crippen molar-refractivity contribution in [2.24, 2.45) is 7.05 Å². The van der Waals surface area contributed by atoms with E-state index in [1.165, 1.54) is 11.8 Å². The van der Waals surface area contributed by atoms with Gasteiger partial charge in [-0.3, -0.25) is 9.20 Å². The van der Waals surface area contributed by atoms with Crippen LogP contribution in [0.1, 0.15) is 17.4 Å². The van der Waals surface area contributed by atoms with E-state index in [-0.39, 0.29) is 17.7 Å². The lowest BCUT2D eigenvalue weighted by Gasteiger charge is -2.19. The quantitative estimate of drug-likeness (QED) is 0.456. The maximum absolute atomic E-state index is 12.7. The summed E-state index contributed by atoms with van der Waals surface area (Å²) in [7, 11) is 1.90. The maximum Gasteiger partial charge on any atom is 0.231 e. The van der Waals surface area contributed by atoms with Crippen LogP contribution in [0.5, 0.6) is 0 Å². The summed E-state index contributed by atoms with van der Waals surface area (Å²) in [5.41, 5.74) is 1.45. The first kappa shape index (κ1) is 19.8. The summed E-state index contributed by atoms with van der Waals surface area (Å²) in [5, 5.41) is 12.6. The number of thioether (sulfide) groups is 1. The van der Waals surface area contributed by atoms with E-state index in [0.29, 0.717) is 20.8 Å². The summed E-state index contributed by atoms with van der Waals surface area (Å²) in [4.78, 5) is 17.1. The Kier molecular flexibility index (Phi) is 5.75. The Labute approximate surface area is 181 Å². The minimum atomic E-state index is -0.358. The van der Waals surface area contributed by atoms with Crippen LogP contribution in [0, 0.1) is 0 Å². The van der Waals surface area contributed by atoms with Gasteiger partial charge in [0.15, 0.2) is 10.8 Å². The molecule has 1 atom stereocenters. The molecule has 1 aromatic carbocycles. The molecule has 0 aliphatic rings. The van der Waals surface area contributed by atoms with Gasteiger partial charge in [0.2, 0.25) is 5.91 Å². The normalized spacial score (nSPS) is 12.2. The van der Waals surface area contributed by atoms with E-state index >= 15 is 0 Å². The van der Waals surface area contributed by atoms with E-state index in [1.807, 2.05) is 48.1 Å². The highest BCUT2D eigenvalue weighted by Crippen LogP contribution is 2.26. The van der Waals surface area contributed by atoms with Gasteiger partial charge in [0, 0.05) is 25.6 Å². The molecule has 29 heavy (non-hydrogen) atoms. The molecule has 0 aliphatic heterocycles. The van der Waals surface area contributed by atoms with E-state index in [4.69, 9.17) is 23.2 Å². The third-order valence-electron chi connectivity index (χ3n) is 4.28. The van der Waals surface area contributed by atoms with Crippen molar-refractivity contribution < 1.29 is 4.79 Å². The van der Waals surface area contributed by atoms with Crippen LogP contribution in [-0.2, 0) is 11.8 Å². The van der Waals surface area contributed by atoms with E-state index in [2.05, 4.69) is 20.5 Å².